The lowest BCUT2D eigenvalue weighted by molar-refractivity contribution is -0.160. The second-order valence-electron chi connectivity index (χ2n) is 4.46. The van der Waals surface area contributed by atoms with E-state index >= 15 is 0 Å². The monoisotopic (exact) mass is 265 g/mol. The normalized spacial score (nSPS) is 18.6. The fourth-order valence-corrected chi connectivity index (χ4v) is 2.23. The highest BCUT2D eigenvalue weighted by Gasteiger charge is 2.39. The van der Waals surface area contributed by atoms with Crippen molar-refractivity contribution in [2.24, 2.45) is 5.92 Å². The van der Waals surface area contributed by atoms with Crippen LogP contribution in [0.5, 0.6) is 0 Å². The molecule has 2 aromatic rings. The Morgan fingerprint density at radius 1 is 1.32 bits per heavy atom. The zero-order valence-corrected chi connectivity index (χ0v) is 9.78. The molecule has 0 spiro atoms. The molecule has 3 nitrogen and oxygen atoms in total. The number of alkyl halides is 3. The van der Waals surface area contributed by atoms with Gasteiger partial charge < -0.3 is 0 Å². The highest BCUT2D eigenvalue weighted by Crippen LogP contribution is 2.33. The van der Waals surface area contributed by atoms with Crippen molar-refractivity contribution in [2.45, 2.75) is 12.6 Å². The Hall–Kier alpha value is -2.11. The molecule has 0 aliphatic heterocycles. The molecule has 1 atom stereocenters. The number of nitrogens with one attached hydrogen (secondary N) is 1. The van der Waals surface area contributed by atoms with Crippen LogP contribution in [-0.4, -0.2) is 15.6 Å². The second-order valence-corrected chi connectivity index (χ2v) is 4.46. The van der Waals surface area contributed by atoms with Gasteiger partial charge in [0.1, 0.15) is 11.1 Å². The van der Waals surface area contributed by atoms with E-state index in [0.717, 1.165) is 6.08 Å². The molecule has 3 rings (SSSR count). The van der Waals surface area contributed by atoms with Crippen molar-refractivity contribution in [2.75, 3.05) is 0 Å². The highest BCUT2D eigenvalue weighted by molar-refractivity contribution is 5.56. The number of fused-ring (bicyclic) bond motifs is 2. The number of nitrogens with zero attached hydrogens (tertiary/aromatic N) is 2. The van der Waals surface area contributed by atoms with Crippen LogP contribution in [0.4, 0.5) is 13.2 Å². The Bertz CT molecular complexity index is 728. The minimum atomic E-state index is -4.28. The molecule has 0 saturated carbocycles. The second kappa shape index (κ2) is 3.94. The third-order valence-electron chi connectivity index (χ3n) is 3.24. The summed E-state index contributed by atoms with van der Waals surface area (Å²) in [6.45, 7) is 0. The Balaban J connectivity index is 2.20. The molecule has 6 heteroatoms. The Morgan fingerprint density at radius 2 is 2.11 bits per heavy atom. The van der Waals surface area contributed by atoms with Crippen molar-refractivity contribution >= 4 is 11.7 Å². The molecule has 0 amide bonds. The standard InChI is InChI=1S/C13H10F3N3/c14-13(15,16)8-4-5-10-9(7-8)12(17)19-6-2-1-3-11(19)18-10/h1-6,8,17H,7H2. The molecule has 0 saturated heterocycles. The predicted molar refractivity (Wildman–Crippen MR) is 63.3 cm³/mol. The predicted octanol–water partition coefficient (Wildman–Crippen LogP) is 2.56. The number of pyridine rings is 1. The minimum Gasteiger partial charge on any atom is -0.286 e. The molecule has 19 heavy (non-hydrogen) atoms. The molecule has 0 radical (unpaired) electrons. The maximum Gasteiger partial charge on any atom is 0.395 e. The van der Waals surface area contributed by atoms with Gasteiger partial charge in [0.25, 0.3) is 0 Å². The van der Waals surface area contributed by atoms with E-state index in [1.165, 1.54) is 10.5 Å². The Morgan fingerprint density at radius 3 is 2.84 bits per heavy atom. The van der Waals surface area contributed by atoms with E-state index in [0.29, 0.717) is 16.9 Å². The first kappa shape index (κ1) is 12.0. The van der Waals surface area contributed by atoms with Crippen molar-refractivity contribution in [1.82, 2.24) is 9.38 Å². The van der Waals surface area contributed by atoms with Crippen LogP contribution < -0.4 is 5.49 Å². The van der Waals surface area contributed by atoms with Gasteiger partial charge in [0, 0.05) is 11.8 Å². The van der Waals surface area contributed by atoms with Crippen LogP contribution in [0.1, 0.15) is 11.3 Å². The molecule has 0 aromatic carbocycles. The zero-order valence-electron chi connectivity index (χ0n) is 9.78. The number of halogens is 3. The quantitative estimate of drug-likeness (QED) is 0.781. The summed E-state index contributed by atoms with van der Waals surface area (Å²) >= 11 is 0. The maximum atomic E-state index is 12.7. The molecular formula is C13H10F3N3. The lowest BCUT2D eigenvalue weighted by atomic mass is 9.92. The van der Waals surface area contributed by atoms with Gasteiger partial charge >= 0.3 is 6.18 Å². The minimum absolute atomic E-state index is 0.0687. The fraction of sp³-hybridized carbons (Fsp3) is 0.231. The van der Waals surface area contributed by atoms with Crippen molar-refractivity contribution in [3.05, 3.63) is 47.2 Å². The number of hydrogen-bond acceptors (Lipinski definition) is 2. The summed E-state index contributed by atoms with van der Waals surface area (Å²) in [5.74, 6) is -1.53. The van der Waals surface area contributed by atoms with Crippen molar-refractivity contribution in [3.63, 3.8) is 0 Å². The van der Waals surface area contributed by atoms with E-state index in [1.54, 1.807) is 24.4 Å². The number of allylic oxidation sites excluding steroid dienone is 1. The molecule has 0 fully saturated rings. The van der Waals surface area contributed by atoms with Crippen LogP contribution in [0.25, 0.3) is 11.7 Å². The molecule has 98 valence electrons. The molecule has 2 aromatic heterocycles. The van der Waals surface area contributed by atoms with Crippen molar-refractivity contribution in [1.29, 1.82) is 5.41 Å². The average molecular weight is 265 g/mol. The van der Waals surface area contributed by atoms with E-state index in [2.05, 4.69) is 4.98 Å². The third-order valence-corrected chi connectivity index (χ3v) is 3.24. The van der Waals surface area contributed by atoms with E-state index < -0.39 is 12.1 Å². The summed E-state index contributed by atoms with van der Waals surface area (Å²) in [4.78, 5) is 4.28. The molecular weight excluding hydrogens is 255 g/mol. The lowest BCUT2D eigenvalue weighted by Gasteiger charge is -2.21. The zero-order chi connectivity index (χ0) is 13.6. The third kappa shape index (κ3) is 1.93. The summed E-state index contributed by atoms with van der Waals surface area (Å²) in [5, 5.41) is 8.03. The van der Waals surface area contributed by atoms with Crippen molar-refractivity contribution in [3.8, 4) is 0 Å². The summed E-state index contributed by atoms with van der Waals surface area (Å²) in [5.41, 5.74) is 1.42. The summed E-state index contributed by atoms with van der Waals surface area (Å²) in [6.07, 6.45) is -0.391. The van der Waals surface area contributed by atoms with Crippen LogP contribution in [0, 0.1) is 11.3 Å². The van der Waals surface area contributed by atoms with E-state index in [4.69, 9.17) is 5.41 Å². The first-order valence-electron chi connectivity index (χ1n) is 5.76. The lowest BCUT2D eigenvalue weighted by Crippen LogP contribution is -2.31. The van der Waals surface area contributed by atoms with Gasteiger partial charge in [-0.15, -0.1) is 0 Å². The molecule has 0 bridgehead atoms. The first-order valence-corrected chi connectivity index (χ1v) is 5.76. The average Bonchev–Trinajstić information content (AvgIpc) is 2.37. The van der Waals surface area contributed by atoms with Crippen LogP contribution in [0.3, 0.4) is 0 Å². The van der Waals surface area contributed by atoms with E-state index in [1.807, 2.05) is 0 Å². The van der Waals surface area contributed by atoms with Crippen LogP contribution in [-0.2, 0) is 6.42 Å². The largest absolute Gasteiger partial charge is 0.395 e. The molecule has 2 heterocycles. The number of aromatic nitrogens is 2. The summed E-state index contributed by atoms with van der Waals surface area (Å²) in [6, 6.07) is 5.22. The maximum absolute atomic E-state index is 12.7. The van der Waals surface area contributed by atoms with E-state index in [9.17, 15) is 13.2 Å². The topological polar surface area (TPSA) is 41.2 Å². The van der Waals surface area contributed by atoms with Gasteiger partial charge in [0.2, 0.25) is 0 Å². The van der Waals surface area contributed by atoms with Gasteiger partial charge in [0.15, 0.2) is 0 Å². The number of rotatable bonds is 0. The van der Waals surface area contributed by atoms with Crippen LogP contribution in [0.2, 0.25) is 0 Å². The van der Waals surface area contributed by atoms with E-state index in [-0.39, 0.29) is 11.9 Å². The highest BCUT2D eigenvalue weighted by atomic mass is 19.4. The Labute approximate surface area is 106 Å². The Kier molecular flexibility index (Phi) is 2.48. The van der Waals surface area contributed by atoms with Crippen LogP contribution in [0.15, 0.2) is 30.5 Å². The van der Waals surface area contributed by atoms with Gasteiger partial charge in [-0.2, -0.15) is 13.2 Å². The van der Waals surface area contributed by atoms with Gasteiger partial charge in [-0.25, -0.2) is 4.98 Å². The first-order chi connectivity index (χ1) is 8.97. The van der Waals surface area contributed by atoms with Gasteiger partial charge in [-0.3, -0.25) is 9.81 Å². The molecule has 1 aliphatic carbocycles. The van der Waals surface area contributed by atoms with Crippen LogP contribution >= 0.6 is 0 Å². The van der Waals surface area contributed by atoms with Gasteiger partial charge in [0.05, 0.1) is 11.6 Å². The SMILES string of the molecule is N=c1c2c(nc3ccccn13)C=CC(C(F)(F)F)C2. The summed E-state index contributed by atoms with van der Waals surface area (Å²) < 4.78 is 39.7. The smallest absolute Gasteiger partial charge is 0.286 e. The molecule has 1 N–H and O–H groups in total. The summed E-state index contributed by atoms with van der Waals surface area (Å²) in [7, 11) is 0. The van der Waals surface area contributed by atoms with Gasteiger partial charge in [-0.1, -0.05) is 12.1 Å². The number of hydrogen-bond donors (Lipinski definition) is 1. The molecule has 1 unspecified atom stereocenters. The van der Waals surface area contributed by atoms with Crippen molar-refractivity contribution < 1.29 is 13.2 Å². The van der Waals surface area contributed by atoms with Gasteiger partial charge in [-0.05, 0) is 24.6 Å². The molecule has 1 aliphatic rings. The fourth-order valence-electron chi connectivity index (χ4n) is 2.23.